The molecule has 368 valence electrons. The third kappa shape index (κ3) is 14.0. The largest absolute Gasteiger partial charge is 0.444 e. The smallest absolute Gasteiger partial charge is 0.413 e. The molecule has 20 nitrogen and oxygen atoms in total. The van der Waals surface area contributed by atoms with Gasteiger partial charge < -0.3 is 21.1 Å². The minimum absolute atomic E-state index is 0.229. The van der Waals surface area contributed by atoms with Crippen molar-refractivity contribution in [1.82, 2.24) is 70.2 Å². The number of pyridine rings is 2. The fourth-order valence-corrected chi connectivity index (χ4v) is 7.58. The lowest BCUT2D eigenvalue weighted by molar-refractivity contribution is 0.0634. The Hall–Kier alpha value is -8.55. The van der Waals surface area contributed by atoms with Crippen molar-refractivity contribution < 1.29 is 19.1 Å². The predicted molar refractivity (Wildman–Crippen MR) is 267 cm³/mol. The van der Waals surface area contributed by atoms with Gasteiger partial charge in [0, 0.05) is 48.3 Å². The molecular weight excluding hydrogens is 901 g/mol. The van der Waals surface area contributed by atoms with Gasteiger partial charge >= 0.3 is 6.09 Å². The first-order valence-electron chi connectivity index (χ1n) is 23.0. The number of nitrogens with one attached hydrogen (secondary N) is 3. The number of nitrogen functional groups attached to an aromatic ring is 1. The van der Waals surface area contributed by atoms with E-state index in [1.54, 1.807) is 67.1 Å². The first-order valence-corrected chi connectivity index (χ1v) is 23.0. The highest BCUT2D eigenvalue weighted by atomic mass is 16.6. The molecule has 2 aromatic carbocycles. The number of nitrogens with two attached hydrogens (primary N) is 1. The molecule has 0 aliphatic heterocycles. The maximum absolute atomic E-state index is 12.7. The molecule has 6 aromatic heterocycles. The van der Waals surface area contributed by atoms with Crippen LogP contribution in [0.2, 0.25) is 0 Å². The standard InChI is InChI=1S/C28H34N8O3.C23H26N8O/c1-18-13-25(32-27(38)39-28(4,5)6)31-20(3)23(18)14-29-26(37)24-17-35(34-33-24)15-21-7-9-22(10-8-21)16-36-19(2)11-12-30-36;1-15-10-22(24)27-17(3)20(15)11-25-23(32)21-14-30(29-28-21)12-18-4-6-19(7-5-18)13-31-16(2)8-9-26-31/h7-13,17H,14-16H2,1-6H3,(H,29,37)(H,31,32,38);4-10,14H,11-13H2,1-3H3,(H2,24,27)(H,25,32). The molecule has 0 unspecified atom stereocenters. The van der Waals surface area contributed by atoms with Crippen molar-refractivity contribution in [2.45, 2.75) is 107 Å². The number of hydrogen-bond acceptors (Lipinski definition) is 13. The van der Waals surface area contributed by atoms with Gasteiger partial charge in [0.1, 0.15) is 17.2 Å². The van der Waals surface area contributed by atoms with Crippen molar-refractivity contribution in [2.24, 2.45) is 0 Å². The molecular formula is C51H60N16O4. The third-order valence-electron chi connectivity index (χ3n) is 11.4. The third-order valence-corrected chi connectivity index (χ3v) is 11.4. The highest BCUT2D eigenvalue weighted by Crippen LogP contribution is 2.19. The Morgan fingerprint density at radius 1 is 0.592 bits per heavy atom. The van der Waals surface area contributed by atoms with Crippen LogP contribution in [0.4, 0.5) is 16.4 Å². The summed E-state index contributed by atoms with van der Waals surface area (Å²) in [6, 6.07) is 24.0. The van der Waals surface area contributed by atoms with Gasteiger partial charge in [0.15, 0.2) is 11.4 Å². The van der Waals surface area contributed by atoms with E-state index in [4.69, 9.17) is 10.5 Å². The summed E-state index contributed by atoms with van der Waals surface area (Å²) in [4.78, 5) is 46.0. The van der Waals surface area contributed by atoms with Crippen molar-refractivity contribution in [2.75, 3.05) is 11.1 Å². The number of ether oxygens (including phenoxy) is 1. The minimum Gasteiger partial charge on any atom is -0.444 e. The molecule has 71 heavy (non-hydrogen) atoms. The van der Waals surface area contributed by atoms with Gasteiger partial charge in [-0.2, -0.15) is 10.2 Å². The SMILES string of the molecule is Cc1cc(N)nc(C)c1CNC(=O)c1cn(Cc2ccc(Cn3nccc3C)cc2)nn1.Cc1cc(NC(=O)OC(C)(C)C)nc(C)c1CNC(=O)c1cn(Cc2ccc(Cn3nccc3C)cc2)nn1. The number of hydrogen-bond donors (Lipinski definition) is 4. The lowest BCUT2D eigenvalue weighted by atomic mass is 10.1. The number of aryl methyl sites for hydroxylation is 6. The second-order valence-electron chi connectivity index (χ2n) is 18.3. The van der Waals surface area contributed by atoms with Gasteiger partial charge in [0.05, 0.1) is 38.6 Å². The van der Waals surface area contributed by atoms with Crippen molar-refractivity contribution in [3.8, 4) is 0 Å². The normalized spacial score (nSPS) is 11.2. The number of carbonyl (C=O) groups excluding carboxylic acids is 3. The Morgan fingerprint density at radius 2 is 1.01 bits per heavy atom. The molecule has 0 radical (unpaired) electrons. The van der Waals surface area contributed by atoms with Gasteiger partial charge in [-0.3, -0.25) is 24.3 Å². The van der Waals surface area contributed by atoms with E-state index in [0.717, 1.165) is 62.6 Å². The number of benzene rings is 2. The zero-order chi connectivity index (χ0) is 50.8. The van der Waals surface area contributed by atoms with Crippen LogP contribution < -0.4 is 21.7 Å². The molecule has 3 amide bonds. The van der Waals surface area contributed by atoms with Crippen LogP contribution in [0.1, 0.15) is 109 Å². The van der Waals surface area contributed by atoms with Crippen molar-refractivity contribution in [1.29, 1.82) is 0 Å². The van der Waals surface area contributed by atoms with Crippen LogP contribution in [-0.2, 0) is 44.0 Å². The molecule has 6 heterocycles. The van der Waals surface area contributed by atoms with Crippen LogP contribution >= 0.6 is 0 Å². The fraction of sp³-hybridized carbons (Fsp3) is 0.314. The molecule has 0 aliphatic carbocycles. The summed E-state index contributed by atoms with van der Waals surface area (Å²) < 4.78 is 12.5. The number of nitrogens with zero attached hydrogens (tertiary/aromatic N) is 12. The van der Waals surface area contributed by atoms with Gasteiger partial charge in [-0.05, 0) is 131 Å². The maximum Gasteiger partial charge on any atom is 0.413 e. The summed E-state index contributed by atoms with van der Waals surface area (Å²) in [6.45, 7) is 20.1. The second-order valence-corrected chi connectivity index (χ2v) is 18.3. The Labute approximate surface area is 412 Å². The van der Waals surface area contributed by atoms with E-state index in [1.807, 2.05) is 75.2 Å². The molecule has 8 aromatic rings. The summed E-state index contributed by atoms with van der Waals surface area (Å²) >= 11 is 0. The maximum atomic E-state index is 12.7. The average Bonchev–Trinajstić information content (AvgIpc) is 4.14. The van der Waals surface area contributed by atoms with Gasteiger partial charge in [0.2, 0.25) is 0 Å². The number of carbonyl (C=O) groups is 3. The molecule has 0 bridgehead atoms. The molecule has 0 fully saturated rings. The summed E-state index contributed by atoms with van der Waals surface area (Å²) in [7, 11) is 0. The first-order chi connectivity index (χ1) is 33.8. The van der Waals surface area contributed by atoms with Gasteiger partial charge in [0.25, 0.3) is 11.8 Å². The number of rotatable bonds is 15. The number of amides is 3. The molecule has 5 N–H and O–H groups in total. The van der Waals surface area contributed by atoms with E-state index >= 15 is 0 Å². The predicted octanol–water partition coefficient (Wildman–Crippen LogP) is 6.57. The molecule has 0 spiro atoms. The van der Waals surface area contributed by atoms with Crippen LogP contribution in [0, 0.1) is 41.5 Å². The zero-order valence-corrected chi connectivity index (χ0v) is 41.6. The van der Waals surface area contributed by atoms with E-state index in [2.05, 4.69) is 93.1 Å². The van der Waals surface area contributed by atoms with Crippen molar-refractivity contribution in [3.05, 3.63) is 176 Å². The number of anilines is 2. The second kappa shape index (κ2) is 22.3. The van der Waals surface area contributed by atoms with E-state index in [1.165, 1.54) is 5.56 Å². The molecule has 8 rings (SSSR count). The Bertz CT molecular complexity index is 3080. The van der Waals surface area contributed by atoms with Crippen LogP contribution in [0.25, 0.3) is 0 Å². The molecule has 0 atom stereocenters. The summed E-state index contributed by atoms with van der Waals surface area (Å²) in [6.07, 6.45) is 6.30. The first kappa shape index (κ1) is 50.3. The lowest BCUT2D eigenvalue weighted by Gasteiger charge is -2.20. The Balaban J connectivity index is 0.000000213. The fourth-order valence-electron chi connectivity index (χ4n) is 7.58. The monoisotopic (exact) mass is 960 g/mol. The molecule has 0 saturated carbocycles. The highest BCUT2D eigenvalue weighted by Gasteiger charge is 2.19. The van der Waals surface area contributed by atoms with E-state index < -0.39 is 11.7 Å². The highest BCUT2D eigenvalue weighted by molar-refractivity contribution is 5.92. The van der Waals surface area contributed by atoms with E-state index in [-0.39, 0.29) is 29.7 Å². The molecule has 0 aliphatic rings. The minimum atomic E-state index is -0.606. The summed E-state index contributed by atoms with van der Waals surface area (Å²) in [5.41, 5.74) is 17.5. The number of aromatic nitrogens is 12. The van der Waals surface area contributed by atoms with Crippen LogP contribution in [0.5, 0.6) is 0 Å². The molecule has 20 heteroatoms. The van der Waals surface area contributed by atoms with Gasteiger partial charge in [-0.15, -0.1) is 10.2 Å². The summed E-state index contributed by atoms with van der Waals surface area (Å²) in [5, 5.41) is 33.3. The van der Waals surface area contributed by atoms with Crippen LogP contribution in [0.15, 0.2) is 97.6 Å². The Kier molecular flexibility index (Phi) is 15.8. The topological polar surface area (TPSA) is 245 Å². The lowest BCUT2D eigenvalue weighted by Crippen LogP contribution is -2.28. The molecule has 0 saturated heterocycles. The van der Waals surface area contributed by atoms with Crippen molar-refractivity contribution >= 4 is 29.5 Å². The average molecular weight is 961 g/mol. The summed E-state index contributed by atoms with van der Waals surface area (Å²) in [5.74, 6) is 0.252. The van der Waals surface area contributed by atoms with Crippen LogP contribution in [0.3, 0.4) is 0 Å². The van der Waals surface area contributed by atoms with Gasteiger partial charge in [-0.1, -0.05) is 59.0 Å². The van der Waals surface area contributed by atoms with Gasteiger partial charge in [-0.25, -0.2) is 24.1 Å². The van der Waals surface area contributed by atoms with E-state index in [9.17, 15) is 14.4 Å². The van der Waals surface area contributed by atoms with Crippen LogP contribution in [-0.4, -0.2) is 83.0 Å². The quantitative estimate of drug-likeness (QED) is 0.0850. The Morgan fingerprint density at radius 3 is 1.41 bits per heavy atom. The van der Waals surface area contributed by atoms with Crippen molar-refractivity contribution in [3.63, 3.8) is 0 Å². The van der Waals surface area contributed by atoms with E-state index in [0.29, 0.717) is 43.5 Å². The zero-order valence-electron chi connectivity index (χ0n) is 41.6.